The second-order valence-corrected chi connectivity index (χ2v) is 7.22. The number of nitrogens with two attached hydrogens (primary N) is 1. The third kappa shape index (κ3) is 3.03. The molecule has 2 unspecified atom stereocenters. The van der Waals surface area contributed by atoms with Crippen molar-refractivity contribution in [3.05, 3.63) is 69.7 Å². The molecule has 2 atom stereocenters. The molecule has 3 heteroatoms. The average Bonchev–Trinajstić information content (AvgIpc) is 2.54. The number of halogens is 1. The molecule has 0 radical (unpaired) electrons. The van der Waals surface area contributed by atoms with Crippen molar-refractivity contribution in [3.63, 3.8) is 0 Å². The Hall–Kier alpha value is -1.35. The van der Waals surface area contributed by atoms with Crippen LogP contribution < -0.4 is 5.73 Å². The first-order valence-electron chi connectivity index (χ1n) is 8.31. The predicted octanol–water partition coefficient (Wildman–Crippen LogP) is 4.54. The summed E-state index contributed by atoms with van der Waals surface area (Å²) in [5.41, 5.74) is 11.4. The molecule has 0 aromatic heterocycles. The molecule has 1 aliphatic heterocycles. The van der Waals surface area contributed by atoms with Crippen LogP contribution in [0.25, 0.3) is 0 Å². The molecule has 0 saturated heterocycles. The van der Waals surface area contributed by atoms with Gasteiger partial charge in [0.15, 0.2) is 0 Å². The molecule has 0 aliphatic carbocycles. The van der Waals surface area contributed by atoms with Crippen molar-refractivity contribution in [1.82, 2.24) is 4.90 Å². The highest BCUT2D eigenvalue weighted by atomic mass is 35.5. The van der Waals surface area contributed by atoms with Gasteiger partial charge in [-0.15, -0.1) is 0 Å². The van der Waals surface area contributed by atoms with Gasteiger partial charge in [0.05, 0.1) is 0 Å². The Labute approximate surface area is 144 Å². The fourth-order valence-electron chi connectivity index (χ4n) is 3.64. The molecule has 0 amide bonds. The molecule has 2 aromatic carbocycles. The van der Waals surface area contributed by atoms with E-state index in [0.29, 0.717) is 18.4 Å². The van der Waals surface area contributed by atoms with Crippen LogP contribution in [0, 0.1) is 0 Å². The number of fused-ring (bicyclic) bond motifs is 1. The minimum atomic E-state index is 0.280. The van der Waals surface area contributed by atoms with Crippen molar-refractivity contribution in [2.24, 2.45) is 5.73 Å². The molecule has 23 heavy (non-hydrogen) atoms. The Morgan fingerprint density at radius 2 is 1.87 bits per heavy atom. The van der Waals surface area contributed by atoms with E-state index in [-0.39, 0.29) is 6.04 Å². The monoisotopic (exact) mass is 328 g/mol. The quantitative estimate of drug-likeness (QED) is 0.896. The normalized spacial score (nSPS) is 21.5. The smallest absolute Gasteiger partial charge is 0.0470 e. The van der Waals surface area contributed by atoms with Crippen LogP contribution >= 0.6 is 11.6 Å². The molecule has 0 bridgehead atoms. The van der Waals surface area contributed by atoms with E-state index in [1.54, 1.807) is 0 Å². The predicted molar refractivity (Wildman–Crippen MR) is 98.3 cm³/mol. The topological polar surface area (TPSA) is 29.3 Å². The Morgan fingerprint density at radius 1 is 1.13 bits per heavy atom. The number of hydrogen-bond donors (Lipinski definition) is 1. The zero-order valence-electron chi connectivity index (χ0n) is 14.1. The zero-order chi connectivity index (χ0) is 16.6. The van der Waals surface area contributed by atoms with Gasteiger partial charge in [-0.05, 0) is 41.3 Å². The van der Waals surface area contributed by atoms with E-state index in [9.17, 15) is 0 Å². The van der Waals surface area contributed by atoms with Crippen LogP contribution in [0.1, 0.15) is 54.0 Å². The summed E-state index contributed by atoms with van der Waals surface area (Å²) >= 11 is 6.48. The fourth-order valence-corrected chi connectivity index (χ4v) is 3.91. The molecule has 1 aliphatic rings. The van der Waals surface area contributed by atoms with Crippen LogP contribution in [0.15, 0.2) is 42.5 Å². The first kappa shape index (κ1) is 16.5. The summed E-state index contributed by atoms with van der Waals surface area (Å²) in [5, 5.41) is 0.844. The van der Waals surface area contributed by atoms with Crippen LogP contribution in [0.4, 0.5) is 0 Å². The molecule has 122 valence electrons. The van der Waals surface area contributed by atoms with E-state index in [1.807, 2.05) is 12.1 Å². The standard InChI is InChI=1S/C20H25ClN2/c1-13(2)14-8-9-15-17(10-14)20(11-22)23(3)12-18(15)16-6-4-5-7-19(16)21/h4-10,13,18,20H,11-12,22H2,1-3H3. The minimum Gasteiger partial charge on any atom is -0.329 e. The first-order chi connectivity index (χ1) is 11.0. The number of rotatable bonds is 3. The SMILES string of the molecule is CC(C)c1ccc2c(c1)C(CN)N(C)CC2c1ccccc1Cl. The summed E-state index contributed by atoms with van der Waals surface area (Å²) < 4.78 is 0. The van der Waals surface area contributed by atoms with Crippen LogP contribution in [0.5, 0.6) is 0 Å². The fraction of sp³-hybridized carbons (Fsp3) is 0.400. The summed E-state index contributed by atoms with van der Waals surface area (Å²) in [7, 11) is 2.16. The van der Waals surface area contributed by atoms with Gasteiger partial charge in [0, 0.05) is 30.1 Å². The van der Waals surface area contributed by atoms with Gasteiger partial charge in [0.2, 0.25) is 0 Å². The molecule has 0 spiro atoms. The highest BCUT2D eigenvalue weighted by Gasteiger charge is 2.32. The van der Waals surface area contributed by atoms with Gasteiger partial charge < -0.3 is 5.73 Å². The van der Waals surface area contributed by atoms with Crippen LogP contribution in [0.3, 0.4) is 0 Å². The Kier molecular flexibility index (Phi) is 4.77. The maximum atomic E-state index is 6.48. The van der Waals surface area contributed by atoms with Crippen molar-refractivity contribution in [2.75, 3.05) is 20.1 Å². The molecule has 2 aromatic rings. The van der Waals surface area contributed by atoms with Gasteiger partial charge in [-0.1, -0.05) is 61.8 Å². The molecule has 2 N–H and O–H groups in total. The van der Waals surface area contributed by atoms with Gasteiger partial charge in [0.25, 0.3) is 0 Å². The van der Waals surface area contributed by atoms with Gasteiger partial charge in [-0.25, -0.2) is 0 Å². The highest BCUT2D eigenvalue weighted by molar-refractivity contribution is 6.31. The minimum absolute atomic E-state index is 0.280. The third-order valence-electron chi connectivity index (χ3n) is 5.02. The number of nitrogens with zero attached hydrogens (tertiary/aromatic N) is 1. The van der Waals surface area contributed by atoms with Crippen molar-refractivity contribution < 1.29 is 0 Å². The molecule has 2 nitrogen and oxygen atoms in total. The Morgan fingerprint density at radius 3 is 2.52 bits per heavy atom. The lowest BCUT2D eigenvalue weighted by Gasteiger charge is -2.39. The van der Waals surface area contributed by atoms with E-state index in [2.05, 4.69) is 56.1 Å². The van der Waals surface area contributed by atoms with Crippen molar-refractivity contribution in [3.8, 4) is 0 Å². The lowest BCUT2D eigenvalue weighted by molar-refractivity contribution is 0.223. The molecule has 0 saturated carbocycles. The largest absolute Gasteiger partial charge is 0.329 e. The molecular formula is C20H25ClN2. The molecule has 1 heterocycles. The highest BCUT2D eigenvalue weighted by Crippen LogP contribution is 2.41. The second-order valence-electron chi connectivity index (χ2n) is 6.81. The molecule has 0 fully saturated rings. The zero-order valence-corrected chi connectivity index (χ0v) is 14.8. The van der Waals surface area contributed by atoms with Crippen molar-refractivity contribution in [2.45, 2.75) is 31.7 Å². The number of likely N-dealkylation sites (N-methyl/N-ethyl adjacent to an activating group) is 1. The third-order valence-corrected chi connectivity index (χ3v) is 5.36. The van der Waals surface area contributed by atoms with E-state index < -0.39 is 0 Å². The van der Waals surface area contributed by atoms with E-state index in [4.69, 9.17) is 17.3 Å². The van der Waals surface area contributed by atoms with Crippen molar-refractivity contribution in [1.29, 1.82) is 0 Å². The van der Waals surface area contributed by atoms with E-state index in [0.717, 1.165) is 11.6 Å². The second kappa shape index (κ2) is 6.64. The molecule has 3 rings (SSSR count). The van der Waals surface area contributed by atoms with Gasteiger partial charge in [-0.3, -0.25) is 4.90 Å². The average molecular weight is 329 g/mol. The summed E-state index contributed by atoms with van der Waals surface area (Å²) in [6.07, 6.45) is 0. The number of hydrogen-bond acceptors (Lipinski definition) is 2. The van der Waals surface area contributed by atoms with Crippen LogP contribution in [0.2, 0.25) is 5.02 Å². The summed E-state index contributed by atoms with van der Waals surface area (Å²) in [6.45, 7) is 6.05. The van der Waals surface area contributed by atoms with E-state index >= 15 is 0 Å². The Bertz CT molecular complexity index is 696. The van der Waals surface area contributed by atoms with Crippen molar-refractivity contribution >= 4 is 11.6 Å². The summed E-state index contributed by atoms with van der Waals surface area (Å²) in [6, 6.07) is 15.3. The lowest BCUT2D eigenvalue weighted by atomic mass is 9.80. The Balaban J connectivity index is 2.14. The van der Waals surface area contributed by atoms with Gasteiger partial charge >= 0.3 is 0 Å². The van der Waals surface area contributed by atoms with Crippen LogP contribution in [-0.2, 0) is 0 Å². The first-order valence-corrected chi connectivity index (χ1v) is 8.69. The number of benzene rings is 2. The summed E-state index contributed by atoms with van der Waals surface area (Å²) in [4.78, 5) is 2.36. The van der Waals surface area contributed by atoms with Crippen LogP contribution in [-0.4, -0.2) is 25.0 Å². The van der Waals surface area contributed by atoms with Gasteiger partial charge in [-0.2, -0.15) is 0 Å². The maximum Gasteiger partial charge on any atom is 0.0470 e. The van der Waals surface area contributed by atoms with E-state index in [1.165, 1.54) is 22.3 Å². The lowest BCUT2D eigenvalue weighted by Crippen LogP contribution is -2.39. The van der Waals surface area contributed by atoms with Gasteiger partial charge in [0.1, 0.15) is 0 Å². The summed E-state index contributed by atoms with van der Waals surface area (Å²) in [5.74, 6) is 0.817. The molecular weight excluding hydrogens is 304 g/mol. The maximum absolute atomic E-state index is 6.48.